The predicted molar refractivity (Wildman–Crippen MR) is 42.0 cm³/mol. The van der Waals surface area contributed by atoms with Crippen LogP contribution in [-0.2, 0) is 6.18 Å². The van der Waals surface area contributed by atoms with Gasteiger partial charge < -0.3 is 5.73 Å². The number of alkyl halides is 3. The highest BCUT2D eigenvalue weighted by Gasteiger charge is 2.38. The maximum atomic E-state index is 12.4. The Bertz CT molecular complexity index is 300. The second kappa shape index (κ2) is 2.93. The zero-order valence-corrected chi connectivity index (χ0v) is 7.26. The highest BCUT2D eigenvalue weighted by Crippen LogP contribution is 2.34. The van der Waals surface area contributed by atoms with Gasteiger partial charge in [-0.2, -0.15) is 18.3 Å². The third-order valence-corrected chi connectivity index (χ3v) is 1.58. The minimum atomic E-state index is -4.44. The summed E-state index contributed by atoms with van der Waals surface area (Å²) in [6.45, 7) is 3.23. The van der Waals surface area contributed by atoms with Crippen molar-refractivity contribution in [2.75, 3.05) is 5.73 Å². The van der Waals surface area contributed by atoms with Crippen molar-refractivity contribution in [3.8, 4) is 0 Å². The van der Waals surface area contributed by atoms with Crippen LogP contribution in [0.5, 0.6) is 0 Å². The fourth-order valence-electron chi connectivity index (χ4n) is 1.06. The van der Waals surface area contributed by atoms with Crippen molar-refractivity contribution >= 4 is 5.69 Å². The van der Waals surface area contributed by atoms with Gasteiger partial charge in [0.25, 0.3) is 0 Å². The lowest BCUT2D eigenvalue weighted by molar-refractivity contribution is -0.144. The van der Waals surface area contributed by atoms with Crippen molar-refractivity contribution < 1.29 is 13.2 Å². The first-order valence-electron chi connectivity index (χ1n) is 3.74. The van der Waals surface area contributed by atoms with E-state index in [-0.39, 0.29) is 11.7 Å². The van der Waals surface area contributed by atoms with E-state index in [0.29, 0.717) is 0 Å². The van der Waals surface area contributed by atoms with Gasteiger partial charge in [0.15, 0.2) is 5.69 Å². The van der Waals surface area contributed by atoms with Gasteiger partial charge in [0.1, 0.15) is 0 Å². The molecule has 1 heterocycles. The lowest BCUT2D eigenvalue weighted by atomic mass is 10.3. The molecule has 3 nitrogen and oxygen atoms in total. The molecule has 2 N–H and O–H groups in total. The SMILES string of the molecule is CC(C)n1ncc(N)c1C(F)(F)F. The van der Waals surface area contributed by atoms with E-state index in [4.69, 9.17) is 5.73 Å². The number of rotatable bonds is 1. The standard InChI is InChI=1S/C7H10F3N3/c1-4(2)13-6(7(8,9)10)5(11)3-12-13/h3-4H,11H2,1-2H3. The van der Waals surface area contributed by atoms with Gasteiger partial charge in [-0.1, -0.05) is 0 Å². The summed E-state index contributed by atoms with van der Waals surface area (Å²) < 4.78 is 38.0. The average Bonchev–Trinajstić information content (AvgIpc) is 2.28. The van der Waals surface area contributed by atoms with Gasteiger partial charge >= 0.3 is 6.18 Å². The van der Waals surface area contributed by atoms with Crippen LogP contribution >= 0.6 is 0 Å². The summed E-state index contributed by atoms with van der Waals surface area (Å²) in [5, 5.41) is 3.55. The zero-order chi connectivity index (χ0) is 10.2. The van der Waals surface area contributed by atoms with E-state index >= 15 is 0 Å². The molecule has 0 unspecified atom stereocenters. The van der Waals surface area contributed by atoms with Crippen molar-refractivity contribution in [3.63, 3.8) is 0 Å². The van der Waals surface area contributed by atoms with Gasteiger partial charge in [0.05, 0.1) is 11.9 Å². The predicted octanol–water partition coefficient (Wildman–Crippen LogP) is 2.06. The van der Waals surface area contributed by atoms with Crippen molar-refractivity contribution in [2.24, 2.45) is 0 Å². The molecule has 0 fully saturated rings. The molecule has 0 aliphatic carbocycles. The van der Waals surface area contributed by atoms with Crippen LogP contribution in [0.2, 0.25) is 0 Å². The second-order valence-electron chi connectivity index (χ2n) is 2.98. The van der Waals surface area contributed by atoms with Crippen LogP contribution < -0.4 is 5.73 Å². The van der Waals surface area contributed by atoms with Gasteiger partial charge in [-0.05, 0) is 13.8 Å². The van der Waals surface area contributed by atoms with Crippen LogP contribution in [0.1, 0.15) is 25.6 Å². The van der Waals surface area contributed by atoms with Gasteiger partial charge in [0.2, 0.25) is 0 Å². The summed E-state index contributed by atoms with van der Waals surface area (Å²) in [6, 6.07) is -0.353. The zero-order valence-electron chi connectivity index (χ0n) is 7.26. The molecule has 0 atom stereocenters. The number of hydrogen-bond donors (Lipinski definition) is 1. The van der Waals surface area contributed by atoms with Gasteiger partial charge in [-0.15, -0.1) is 0 Å². The Morgan fingerprint density at radius 1 is 1.46 bits per heavy atom. The topological polar surface area (TPSA) is 43.8 Å². The molecule has 0 saturated carbocycles. The molecule has 1 aromatic rings. The normalized spacial score (nSPS) is 12.5. The average molecular weight is 193 g/mol. The molecule has 0 aliphatic rings. The first-order chi connectivity index (χ1) is 5.84. The summed E-state index contributed by atoms with van der Waals surface area (Å²) in [5.41, 5.74) is 3.96. The third kappa shape index (κ3) is 1.76. The molecule has 74 valence electrons. The van der Waals surface area contributed by atoms with Crippen LogP contribution in [0.3, 0.4) is 0 Å². The number of nitrogen functional groups attached to an aromatic ring is 1. The first-order valence-corrected chi connectivity index (χ1v) is 3.74. The van der Waals surface area contributed by atoms with Crippen LogP contribution in [0.15, 0.2) is 6.20 Å². The largest absolute Gasteiger partial charge is 0.435 e. The van der Waals surface area contributed by atoms with Gasteiger partial charge in [-0.25, -0.2) is 0 Å². The van der Waals surface area contributed by atoms with Crippen molar-refractivity contribution in [3.05, 3.63) is 11.9 Å². The minimum absolute atomic E-state index is 0.332. The van der Waals surface area contributed by atoms with Crippen LogP contribution in [0.25, 0.3) is 0 Å². The number of anilines is 1. The van der Waals surface area contributed by atoms with Crippen molar-refractivity contribution in [1.82, 2.24) is 9.78 Å². The summed E-state index contributed by atoms with van der Waals surface area (Å²) in [5.74, 6) is 0. The second-order valence-corrected chi connectivity index (χ2v) is 2.98. The quantitative estimate of drug-likeness (QED) is 0.741. The van der Waals surface area contributed by atoms with Crippen molar-refractivity contribution in [1.29, 1.82) is 0 Å². The molecule has 0 aliphatic heterocycles. The number of aromatic nitrogens is 2. The molecular weight excluding hydrogens is 183 g/mol. The molecule has 0 aromatic carbocycles. The van der Waals surface area contributed by atoms with E-state index in [1.807, 2.05) is 0 Å². The molecule has 6 heteroatoms. The molecule has 0 saturated heterocycles. The monoisotopic (exact) mass is 193 g/mol. The number of halogens is 3. The van der Waals surface area contributed by atoms with Crippen LogP contribution in [0.4, 0.5) is 18.9 Å². The molecule has 0 bridgehead atoms. The van der Waals surface area contributed by atoms with E-state index in [1.54, 1.807) is 13.8 Å². The van der Waals surface area contributed by atoms with Crippen LogP contribution in [-0.4, -0.2) is 9.78 Å². The summed E-state index contributed by atoms with van der Waals surface area (Å²) in [6.07, 6.45) is -3.42. The highest BCUT2D eigenvalue weighted by molar-refractivity contribution is 5.42. The summed E-state index contributed by atoms with van der Waals surface area (Å²) in [4.78, 5) is 0. The molecule has 0 amide bonds. The molecule has 0 radical (unpaired) electrons. The number of hydrogen-bond acceptors (Lipinski definition) is 2. The Labute approximate surface area is 73.3 Å². The molecule has 0 spiro atoms. The smallest absolute Gasteiger partial charge is 0.396 e. The Balaban J connectivity index is 3.25. The third-order valence-electron chi connectivity index (χ3n) is 1.58. The Hall–Kier alpha value is -1.20. The Morgan fingerprint density at radius 2 is 2.00 bits per heavy atom. The fraction of sp³-hybridized carbons (Fsp3) is 0.571. The fourth-order valence-corrected chi connectivity index (χ4v) is 1.06. The van der Waals surface area contributed by atoms with E-state index in [1.165, 1.54) is 0 Å². The minimum Gasteiger partial charge on any atom is -0.396 e. The van der Waals surface area contributed by atoms with E-state index in [2.05, 4.69) is 5.10 Å². The maximum absolute atomic E-state index is 12.4. The van der Waals surface area contributed by atoms with Gasteiger partial charge in [0, 0.05) is 6.04 Å². The van der Waals surface area contributed by atoms with Crippen LogP contribution in [0, 0.1) is 0 Å². The highest BCUT2D eigenvalue weighted by atomic mass is 19.4. The first kappa shape index (κ1) is 9.88. The Kier molecular flexibility index (Phi) is 2.23. The van der Waals surface area contributed by atoms with Gasteiger partial charge in [-0.3, -0.25) is 4.68 Å². The molecule has 13 heavy (non-hydrogen) atoms. The lowest BCUT2D eigenvalue weighted by Crippen LogP contribution is -2.17. The molecular formula is C7H10F3N3. The number of nitrogens with two attached hydrogens (primary N) is 1. The van der Waals surface area contributed by atoms with E-state index < -0.39 is 11.9 Å². The maximum Gasteiger partial charge on any atom is 0.435 e. The number of nitrogens with zero attached hydrogens (tertiary/aromatic N) is 2. The Morgan fingerprint density at radius 3 is 2.31 bits per heavy atom. The lowest BCUT2D eigenvalue weighted by Gasteiger charge is -2.13. The summed E-state index contributed by atoms with van der Waals surface area (Å²) in [7, 11) is 0. The summed E-state index contributed by atoms with van der Waals surface area (Å²) >= 11 is 0. The molecule has 1 aromatic heterocycles. The van der Waals surface area contributed by atoms with E-state index in [0.717, 1.165) is 10.9 Å². The molecule has 1 rings (SSSR count). The van der Waals surface area contributed by atoms with E-state index in [9.17, 15) is 13.2 Å². The van der Waals surface area contributed by atoms with Crippen molar-refractivity contribution in [2.45, 2.75) is 26.1 Å².